The molecule has 0 radical (unpaired) electrons. The molecule has 0 aliphatic rings. The van der Waals surface area contributed by atoms with Crippen molar-refractivity contribution in [2.45, 2.75) is 19.4 Å². The Balaban J connectivity index is 2.34. The predicted molar refractivity (Wildman–Crippen MR) is 85.8 cm³/mol. The van der Waals surface area contributed by atoms with Gasteiger partial charge in [0, 0.05) is 10.5 Å². The smallest absolute Gasteiger partial charge is 0.123 e. The van der Waals surface area contributed by atoms with Crippen molar-refractivity contribution < 1.29 is 4.39 Å². The van der Waals surface area contributed by atoms with Crippen molar-refractivity contribution in [3.05, 3.63) is 68.4 Å². The average Bonchev–Trinajstić information content (AvgIpc) is 2.43. The molecule has 2 aromatic carbocycles. The minimum atomic E-state index is -0.208. The van der Waals surface area contributed by atoms with E-state index in [9.17, 15) is 4.39 Å². The fourth-order valence-electron chi connectivity index (χ4n) is 2.24. The summed E-state index contributed by atoms with van der Waals surface area (Å²) >= 11 is 9.78. The summed E-state index contributed by atoms with van der Waals surface area (Å²) in [5, 5.41) is 3.95. The monoisotopic (exact) mass is 355 g/mol. The lowest BCUT2D eigenvalue weighted by molar-refractivity contribution is 0.582. The van der Waals surface area contributed by atoms with Crippen molar-refractivity contribution in [2.24, 2.45) is 0 Å². The molecule has 1 N–H and O–H groups in total. The highest BCUT2D eigenvalue weighted by Gasteiger charge is 2.16. The number of hydrogen-bond donors (Lipinski definition) is 1. The number of rotatable bonds is 4. The molecule has 106 valence electrons. The van der Waals surface area contributed by atoms with Gasteiger partial charge in [0.15, 0.2) is 0 Å². The molecule has 0 fully saturated rings. The second kappa shape index (κ2) is 6.70. The molecule has 0 aliphatic heterocycles. The molecule has 0 aromatic heterocycles. The molecule has 1 unspecified atom stereocenters. The van der Waals surface area contributed by atoms with Gasteiger partial charge in [-0.05, 0) is 71.2 Å². The third kappa shape index (κ3) is 3.40. The zero-order valence-corrected chi connectivity index (χ0v) is 13.7. The molecule has 0 saturated heterocycles. The first-order chi connectivity index (χ1) is 9.52. The van der Waals surface area contributed by atoms with E-state index in [0.717, 1.165) is 21.2 Å². The summed E-state index contributed by atoms with van der Waals surface area (Å²) in [6.45, 7) is 1.99. The van der Waals surface area contributed by atoms with Crippen molar-refractivity contribution in [3.8, 4) is 0 Å². The van der Waals surface area contributed by atoms with Crippen molar-refractivity contribution >= 4 is 27.5 Å². The van der Waals surface area contributed by atoms with Crippen molar-refractivity contribution in [3.63, 3.8) is 0 Å². The van der Waals surface area contributed by atoms with Gasteiger partial charge >= 0.3 is 0 Å². The summed E-state index contributed by atoms with van der Waals surface area (Å²) in [6.07, 6.45) is 0.691. The minimum absolute atomic E-state index is 0.0421. The van der Waals surface area contributed by atoms with Gasteiger partial charge in [-0.15, -0.1) is 0 Å². The third-order valence-corrected chi connectivity index (χ3v) is 4.75. The normalized spacial score (nSPS) is 12.4. The highest BCUT2D eigenvalue weighted by molar-refractivity contribution is 9.10. The van der Waals surface area contributed by atoms with Crippen molar-refractivity contribution in [2.75, 3.05) is 7.05 Å². The highest BCUT2D eigenvalue weighted by Crippen LogP contribution is 2.32. The maximum Gasteiger partial charge on any atom is 0.123 e. The quantitative estimate of drug-likeness (QED) is 0.808. The van der Waals surface area contributed by atoms with Crippen LogP contribution in [0.5, 0.6) is 0 Å². The van der Waals surface area contributed by atoms with Crippen LogP contribution >= 0.6 is 27.5 Å². The van der Waals surface area contributed by atoms with E-state index in [4.69, 9.17) is 11.6 Å². The van der Waals surface area contributed by atoms with Crippen LogP contribution in [-0.2, 0) is 6.42 Å². The molecule has 0 amide bonds. The van der Waals surface area contributed by atoms with Crippen LogP contribution in [0, 0.1) is 12.7 Å². The summed E-state index contributed by atoms with van der Waals surface area (Å²) < 4.78 is 14.3. The SMILES string of the molecule is CNC(Cc1cc(F)ccc1C)c1cccc(Br)c1Cl. The number of nitrogens with one attached hydrogen (secondary N) is 1. The van der Waals surface area contributed by atoms with Crippen LogP contribution in [0.25, 0.3) is 0 Å². The largest absolute Gasteiger partial charge is 0.313 e. The van der Waals surface area contributed by atoms with Gasteiger partial charge in [-0.25, -0.2) is 4.39 Å². The molecule has 2 rings (SSSR count). The van der Waals surface area contributed by atoms with Crippen LogP contribution in [-0.4, -0.2) is 7.05 Å². The molecule has 20 heavy (non-hydrogen) atoms. The first-order valence-electron chi connectivity index (χ1n) is 6.39. The third-order valence-electron chi connectivity index (χ3n) is 3.44. The lowest BCUT2D eigenvalue weighted by atomic mass is 9.96. The molecule has 2 aromatic rings. The summed E-state index contributed by atoms with van der Waals surface area (Å²) in [6, 6.07) is 10.8. The Hall–Kier alpha value is -0.900. The number of benzene rings is 2. The molecule has 1 atom stereocenters. The van der Waals surface area contributed by atoms with Gasteiger partial charge in [0.05, 0.1) is 5.02 Å². The fraction of sp³-hybridized carbons (Fsp3) is 0.250. The van der Waals surface area contributed by atoms with Crippen LogP contribution in [0.3, 0.4) is 0 Å². The van der Waals surface area contributed by atoms with Crippen molar-refractivity contribution in [1.29, 1.82) is 0 Å². The van der Waals surface area contributed by atoms with Gasteiger partial charge in [0.25, 0.3) is 0 Å². The molecule has 0 saturated carbocycles. The Morgan fingerprint density at radius 1 is 1.30 bits per heavy atom. The Morgan fingerprint density at radius 3 is 2.75 bits per heavy atom. The van der Waals surface area contributed by atoms with Gasteiger partial charge in [0.2, 0.25) is 0 Å². The van der Waals surface area contributed by atoms with Crippen LogP contribution in [0.4, 0.5) is 4.39 Å². The van der Waals surface area contributed by atoms with Gasteiger partial charge in [-0.2, -0.15) is 0 Å². The fourth-order valence-corrected chi connectivity index (χ4v) is 2.88. The van der Waals surface area contributed by atoms with Crippen molar-refractivity contribution in [1.82, 2.24) is 5.32 Å². The number of hydrogen-bond acceptors (Lipinski definition) is 1. The van der Waals surface area contributed by atoms with E-state index in [0.29, 0.717) is 11.4 Å². The van der Waals surface area contributed by atoms with Crippen LogP contribution in [0.15, 0.2) is 40.9 Å². The highest BCUT2D eigenvalue weighted by atomic mass is 79.9. The molecular formula is C16H16BrClFN. The van der Waals surface area contributed by atoms with Gasteiger partial charge in [-0.3, -0.25) is 0 Å². The zero-order chi connectivity index (χ0) is 14.7. The molecule has 0 spiro atoms. The summed E-state index contributed by atoms with van der Waals surface area (Å²) in [4.78, 5) is 0. The zero-order valence-electron chi connectivity index (χ0n) is 11.4. The Kier molecular flexibility index (Phi) is 5.19. The van der Waals surface area contributed by atoms with E-state index < -0.39 is 0 Å². The lowest BCUT2D eigenvalue weighted by Gasteiger charge is -2.20. The second-order valence-corrected chi connectivity index (χ2v) is 5.99. The molecule has 0 heterocycles. The van der Waals surface area contributed by atoms with E-state index in [2.05, 4.69) is 21.2 Å². The number of aryl methyl sites for hydroxylation is 1. The maximum atomic E-state index is 13.4. The Morgan fingerprint density at radius 2 is 2.05 bits per heavy atom. The summed E-state index contributed by atoms with van der Waals surface area (Å²) in [5.74, 6) is -0.208. The lowest BCUT2D eigenvalue weighted by Crippen LogP contribution is -2.19. The molecule has 1 nitrogen and oxygen atoms in total. The van der Waals surface area contributed by atoms with E-state index in [1.165, 1.54) is 6.07 Å². The molecule has 4 heteroatoms. The van der Waals surface area contributed by atoms with Crippen LogP contribution in [0.1, 0.15) is 22.7 Å². The number of halogens is 3. The van der Waals surface area contributed by atoms with E-state index in [-0.39, 0.29) is 11.9 Å². The molecule has 0 bridgehead atoms. The maximum absolute atomic E-state index is 13.4. The first-order valence-corrected chi connectivity index (χ1v) is 7.56. The van der Waals surface area contributed by atoms with Crippen LogP contribution in [0.2, 0.25) is 5.02 Å². The first kappa shape index (κ1) is 15.5. The summed E-state index contributed by atoms with van der Waals surface area (Å²) in [5.41, 5.74) is 3.07. The van der Waals surface area contributed by atoms with Gasteiger partial charge < -0.3 is 5.32 Å². The molecular weight excluding hydrogens is 341 g/mol. The Labute approximate surface area is 132 Å². The van der Waals surface area contributed by atoms with Crippen LogP contribution < -0.4 is 5.32 Å². The Bertz CT molecular complexity index is 615. The minimum Gasteiger partial charge on any atom is -0.313 e. The molecule has 0 aliphatic carbocycles. The second-order valence-electron chi connectivity index (χ2n) is 4.76. The average molecular weight is 357 g/mol. The predicted octanol–water partition coefficient (Wildman–Crippen LogP) is 5.05. The van der Waals surface area contributed by atoms with E-state index >= 15 is 0 Å². The van der Waals surface area contributed by atoms with E-state index in [1.54, 1.807) is 12.1 Å². The van der Waals surface area contributed by atoms with E-state index in [1.807, 2.05) is 32.2 Å². The van der Waals surface area contributed by atoms with Gasteiger partial charge in [-0.1, -0.05) is 29.8 Å². The summed E-state index contributed by atoms with van der Waals surface area (Å²) in [7, 11) is 1.89. The van der Waals surface area contributed by atoms with Gasteiger partial charge in [0.1, 0.15) is 5.82 Å². The topological polar surface area (TPSA) is 12.0 Å². The number of likely N-dealkylation sites (N-methyl/N-ethyl adjacent to an activating group) is 1. The standard InChI is InChI=1S/C16H16BrClFN/c1-10-6-7-12(19)8-11(10)9-15(20-2)13-4-3-5-14(17)16(13)18/h3-8,15,20H,9H2,1-2H3.